The molecule has 0 atom stereocenters. The van der Waals surface area contributed by atoms with Gasteiger partial charge >= 0.3 is 5.69 Å². The molecule has 1 aliphatic rings. The van der Waals surface area contributed by atoms with Crippen molar-refractivity contribution in [2.75, 3.05) is 30.4 Å². The second kappa shape index (κ2) is 9.61. The predicted octanol–water partition coefficient (Wildman–Crippen LogP) is 4.29. The van der Waals surface area contributed by atoms with E-state index in [9.17, 15) is 10.1 Å². The van der Waals surface area contributed by atoms with E-state index in [1.54, 1.807) is 49.3 Å². The highest BCUT2D eigenvalue weighted by molar-refractivity contribution is 7.99. The van der Waals surface area contributed by atoms with Crippen molar-refractivity contribution in [3.05, 3.63) is 65.1 Å². The fourth-order valence-corrected chi connectivity index (χ4v) is 4.54. The van der Waals surface area contributed by atoms with Gasteiger partial charge < -0.3 is 15.0 Å². The van der Waals surface area contributed by atoms with E-state index in [-0.39, 0.29) is 11.5 Å². The van der Waals surface area contributed by atoms with Gasteiger partial charge in [0.25, 0.3) is 0 Å². The Kier molecular flexibility index (Phi) is 6.46. The minimum absolute atomic E-state index is 0.124. The van der Waals surface area contributed by atoms with Crippen molar-refractivity contribution in [1.29, 1.82) is 0 Å². The number of aromatic nitrogens is 3. The monoisotopic (exact) mass is 438 g/mol. The van der Waals surface area contributed by atoms with Crippen LogP contribution in [0.1, 0.15) is 12.8 Å². The Bertz CT molecular complexity index is 1040. The van der Waals surface area contributed by atoms with Gasteiger partial charge in [-0.3, -0.25) is 10.1 Å². The molecule has 10 heteroatoms. The van der Waals surface area contributed by atoms with Crippen molar-refractivity contribution in [1.82, 2.24) is 15.0 Å². The first-order valence-electron chi connectivity index (χ1n) is 9.87. The number of ether oxygens (including phenoxy) is 1. The van der Waals surface area contributed by atoms with Crippen LogP contribution >= 0.6 is 11.8 Å². The standard InChI is InChI=1S/C21H22N6O3S/c1-30-16-6-4-5-15(13-16)25-20-19(27(28)29)21(24-14-23-20)26-11-8-17(9-12-26)31-18-7-2-3-10-22-18/h2-7,10,13-14,17H,8-9,11-12H2,1H3,(H,23,24,25). The highest BCUT2D eigenvalue weighted by atomic mass is 32.2. The predicted molar refractivity (Wildman–Crippen MR) is 120 cm³/mol. The van der Waals surface area contributed by atoms with E-state index in [0.717, 1.165) is 17.9 Å². The quantitative estimate of drug-likeness (QED) is 0.427. The molecule has 0 aliphatic carbocycles. The van der Waals surface area contributed by atoms with Crippen molar-refractivity contribution >= 4 is 34.8 Å². The number of nitrogens with one attached hydrogen (secondary N) is 1. The van der Waals surface area contributed by atoms with Crippen molar-refractivity contribution in [2.24, 2.45) is 0 Å². The van der Waals surface area contributed by atoms with Gasteiger partial charge in [-0.25, -0.2) is 15.0 Å². The van der Waals surface area contributed by atoms with E-state index in [1.165, 1.54) is 6.33 Å². The highest BCUT2D eigenvalue weighted by Crippen LogP contribution is 2.37. The molecule has 0 radical (unpaired) electrons. The summed E-state index contributed by atoms with van der Waals surface area (Å²) in [5.41, 5.74) is 0.527. The maximum Gasteiger partial charge on any atom is 0.353 e. The zero-order valence-corrected chi connectivity index (χ0v) is 17.8. The van der Waals surface area contributed by atoms with Crippen molar-refractivity contribution in [2.45, 2.75) is 23.1 Å². The Morgan fingerprint density at radius 1 is 1.16 bits per heavy atom. The lowest BCUT2D eigenvalue weighted by atomic mass is 10.1. The summed E-state index contributed by atoms with van der Waals surface area (Å²) >= 11 is 1.75. The van der Waals surface area contributed by atoms with Crippen LogP contribution in [0.5, 0.6) is 5.75 Å². The fourth-order valence-electron chi connectivity index (χ4n) is 3.47. The number of nitrogens with zero attached hydrogens (tertiary/aromatic N) is 5. The Hall–Kier alpha value is -3.40. The van der Waals surface area contributed by atoms with Crippen LogP contribution in [0, 0.1) is 10.1 Å². The fraction of sp³-hybridized carbons (Fsp3) is 0.286. The van der Waals surface area contributed by atoms with E-state index in [4.69, 9.17) is 4.74 Å². The molecule has 1 aliphatic heterocycles. The average Bonchev–Trinajstić information content (AvgIpc) is 2.80. The van der Waals surface area contributed by atoms with Gasteiger partial charge in [-0.2, -0.15) is 0 Å². The number of rotatable bonds is 7. The summed E-state index contributed by atoms with van der Waals surface area (Å²) in [6.07, 6.45) is 4.93. The molecule has 0 unspecified atom stereocenters. The van der Waals surface area contributed by atoms with Crippen LogP contribution in [0.2, 0.25) is 0 Å². The lowest BCUT2D eigenvalue weighted by molar-refractivity contribution is -0.383. The maximum atomic E-state index is 11.9. The number of anilines is 3. The molecule has 0 saturated carbocycles. The summed E-state index contributed by atoms with van der Waals surface area (Å²) in [7, 11) is 1.57. The summed E-state index contributed by atoms with van der Waals surface area (Å²) < 4.78 is 5.22. The minimum atomic E-state index is -0.424. The molecule has 160 valence electrons. The third-order valence-corrected chi connectivity index (χ3v) is 6.27. The van der Waals surface area contributed by atoms with Crippen LogP contribution in [0.15, 0.2) is 60.0 Å². The Morgan fingerprint density at radius 3 is 2.71 bits per heavy atom. The average molecular weight is 439 g/mol. The highest BCUT2D eigenvalue weighted by Gasteiger charge is 2.30. The van der Waals surface area contributed by atoms with Crippen molar-refractivity contribution in [3.63, 3.8) is 0 Å². The van der Waals surface area contributed by atoms with Gasteiger partial charge in [-0.1, -0.05) is 12.1 Å². The number of piperidine rings is 1. The zero-order chi connectivity index (χ0) is 21.6. The van der Waals surface area contributed by atoms with Crippen LogP contribution in [-0.2, 0) is 0 Å². The van der Waals surface area contributed by atoms with Crippen LogP contribution in [0.4, 0.5) is 23.0 Å². The summed E-state index contributed by atoms with van der Waals surface area (Å²) in [4.78, 5) is 26.2. The van der Waals surface area contributed by atoms with E-state index in [0.29, 0.717) is 35.6 Å². The van der Waals surface area contributed by atoms with E-state index in [1.807, 2.05) is 23.1 Å². The molecule has 0 spiro atoms. The van der Waals surface area contributed by atoms with Gasteiger partial charge in [0.2, 0.25) is 11.6 Å². The number of methoxy groups -OCH3 is 1. The van der Waals surface area contributed by atoms with Crippen molar-refractivity contribution < 1.29 is 9.66 Å². The number of thioether (sulfide) groups is 1. The first-order valence-corrected chi connectivity index (χ1v) is 10.7. The lowest BCUT2D eigenvalue weighted by Crippen LogP contribution is -2.36. The van der Waals surface area contributed by atoms with Gasteiger partial charge in [-0.05, 0) is 37.1 Å². The molecule has 0 amide bonds. The Morgan fingerprint density at radius 2 is 2.00 bits per heavy atom. The number of hydrogen-bond donors (Lipinski definition) is 1. The lowest BCUT2D eigenvalue weighted by Gasteiger charge is -2.32. The third kappa shape index (κ3) is 5.02. The molecular formula is C21H22N6O3S. The largest absolute Gasteiger partial charge is 0.497 e. The maximum absolute atomic E-state index is 11.9. The Balaban J connectivity index is 1.51. The number of nitro groups is 1. The van der Waals surface area contributed by atoms with E-state index >= 15 is 0 Å². The second-order valence-electron chi connectivity index (χ2n) is 6.98. The van der Waals surface area contributed by atoms with Crippen molar-refractivity contribution in [3.8, 4) is 5.75 Å². The number of pyridine rings is 1. The first-order chi connectivity index (χ1) is 15.1. The zero-order valence-electron chi connectivity index (χ0n) is 17.0. The minimum Gasteiger partial charge on any atom is -0.497 e. The number of hydrogen-bond acceptors (Lipinski definition) is 9. The molecule has 3 heterocycles. The summed E-state index contributed by atoms with van der Waals surface area (Å²) in [5.74, 6) is 1.15. The van der Waals surface area contributed by atoms with Gasteiger partial charge in [0, 0.05) is 36.3 Å². The van der Waals surface area contributed by atoms with Crippen LogP contribution in [0.3, 0.4) is 0 Å². The van der Waals surface area contributed by atoms with Gasteiger partial charge in [0.05, 0.1) is 17.1 Å². The molecule has 1 N–H and O–H groups in total. The molecule has 3 aromatic rings. The molecule has 4 rings (SSSR count). The molecule has 1 fully saturated rings. The second-order valence-corrected chi connectivity index (χ2v) is 8.30. The normalized spacial score (nSPS) is 14.3. The molecule has 31 heavy (non-hydrogen) atoms. The van der Waals surface area contributed by atoms with Gasteiger partial charge in [0.15, 0.2) is 0 Å². The van der Waals surface area contributed by atoms with E-state index in [2.05, 4.69) is 20.3 Å². The smallest absolute Gasteiger partial charge is 0.353 e. The molecular weight excluding hydrogens is 416 g/mol. The van der Waals surface area contributed by atoms with Crippen LogP contribution in [0.25, 0.3) is 0 Å². The van der Waals surface area contributed by atoms with Crippen LogP contribution < -0.4 is 15.0 Å². The topological polar surface area (TPSA) is 106 Å². The SMILES string of the molecule is COc1cccc(Nc2ncnc(N3CCC(Sc4ccccn4)CC3)c2[N+](=O)[O-])c1. The molecule has 1 aromatic carbocycles. The first kappa shape index (κ1) is 20.9. The number of benzene rings is 1. The molecule has 9 nitrogen and oxygen atoms in total. The molecule has 1 saturated heterocycles. The third-order valence-electron chi connectivity index (χ3n) is 4.98. The summed E-state index contributed by atoms with van der Waals surface area (Å²) in [5, 5.41) is 16.4. The molecule has 2 aromatic heterocycles. The summed E-state index contributed by atoms with van der Waals surface area (Å²) in [6.45, 7) is 1.36. The summed E-state index contributed by atoms with van der Waals surface area (Å²) in [6, 6.07) is 13.0. The van der Waals surface area contributed by atoms with E-state index < -0.39 is 4.92 Å². The van der Waals surface area contributed by atoms with Crippen LogP contribution in [-0.4, -0.2) is 45.3 Å². The van der Waals surface area contributed by atoms with Gasteiger partial charge in [0.1, 0.15) is 12.1 Å². The molecule has 0 bridgehead atoms. The Labute approximate surface area is 184 Å². The van der Waals surface area contributed by atoms with Gasteiger partial charge in [-0.15, -0.1) is 11.8 Å².